The highest BCUT2D eigenvalue weighted by Gasteiger charge is 2.26. The third-order valence-electron chi connectivity index (χ3n) is 5.86. The molecule has 0 aromatic heterocycles. The van der Waals surface area contributed by atoms with Gasteiger partial charge in [-0.25, -0.2) is 4.39 Å². The van der Waals surface area contributed by atoms with E-state index >= 15 is 0 Å². The Hall–Kier alpha value is -3.58. The van der Waals surface area contributed by atoms with E-state index < -0.39 is 6.04 Å². The number of carbonyl (C=O) groups is 2. The number of ether oxygens (including phenoxy) is 2. The molecule has 3 aromatic carbocycles. The Morgan fingerprint density at radius 2 is 1.53 bits per heavy atom. The number of nitrogens with zero attached hydrogens (tertiary/aromatic N) is 1. The summed E-state index contributed by atoms with van der Waals surface area (Å²) in [5.41, 5.74) is 2.49. The van der Waals surface area contributed by atoms with Gasteiger partial charge in [0.05, 0.1) is 20.6 Å². The van der Waals surface area contributed by atoms with Gasteiger partial charge in [-0.1, -0.05) is 41.9 Å². The zero-order chi connectivity index (χ0) is 26.1. The van der Waals surface area contributed by atoms with E-state index in [4.69, 9.17) is 21.1 Å². The zero-order valence-electron chi connectivity index (χ0n) is 20.6. The van der Waals surface area contributed by atoms with Crippen LogP contribution in [-0.2, 0) is 29.0 Å². The molecule has 0 saturated heterocycles. The molecule has 0 spiro atoms. The van der Waals surface area contributed by atoms with Crippen LogP contribution in [0.4, 0.5) is 4.39 Å². The van der Waals surface area contributed by atoms with Gasteiger partial charge in [0, 0.05) is 18.1 Å². The van der Waals surface area contributed by atoms with Crippen LogP contribution in [0.15, 0.2) is 66.7 Å². The number of benzene rings is 3. The Morgan fingerprint density at radius 1 is 0.917 bits per heavy atom. The van der Waals surface area contributed by atoms with Gasteiger partial charge in [-0.15, -0.1) is 0 Å². The van der Waals surface area contributed by atoms with Gasteiger partial charge >= 0.3 is 0 Å². The van der Waals surface area contributed by atoms with Crippen molar-refractivity contribution >= 4 is 23.4 Å². The summed E-state index contributed by atoms with van der Waals surface area (Å²) in [5, 5.41) is 3.50. The molecule has 0 aliphatic heterocycles. The number of methoxy groups -OCH3 is 2. The van der Waals surface area contributed by atoms with E-state index in [9.17, 15) is 14.0 Å². The minimum Gasteiger partial charge on any atom is -0.493 e. The van der Waals surface area contributed by atoms with Crippen LogP contribution in [0.2, 0.25) is 5.02 Å². The Labute approximate surface area is 216 Å². The summed E-state index contributed by atoms with van der Waals surface area (Å²) < 4.78 is 24.0. The third kappa shape index (κ3) is 7.46. The number of nitrogens with one attached hydrogen (secondary N) is 1. The molecule has 190 valence electrons. The van der Waals surface area contributed by atoms with Crippen LogP contribution in [0, 0.1) is 5.82 Å². The van der Waals surface area contributed by atoms with E-state index in [1.807, 2.05) is 18.2 Å². The van der Waals surface area contributed by atoms with Crippen molar-refractivity contribution in [2.24, 2.45) is 0 Å². The van der Waals surface area contributed by atoms with Gasteiger partial charge in [0.25, 0.3) is 0 Å². The van der Waals surface area contributed by atoms with Gasteiger partial charge in [-0.05, 0) is 66.4 Å². The van der Waals surface area contributed by atoms with Crippen molar-refractivity contribution in [3.63, 3.8) is 0 Å². The van der Waals surface area contributed by atoms with Crippen molar-refractivity contribution in [3.05, 3.63) is 94.3 Å². The summed E-state index contributed by atoms with van der Waals surface area (Å²) in [6, 6.07) is 17.8. The molecule has 0 saturated carbocycles. The van der Waals surface area contributed by atoms with Crippen LogP contribution >= 0.6 is 11.6 Å². The summed E-state index contributed by atoms with van der Waals surface area (Å²) in [6.45, 7) is 2.25. The molecule has 0 radical (unpaired) electrons. The molecule has 2 amide bonds. The number of rotatable bonds is 11. The lowest BCUT2D eigenvalue weighted by molar-refractivity contribution is -0.140. The fourth-order valence-electron chi connectivity index (χ4n) is 3.76. The average molecular weight is 513 g/mol. The minimum absolute atomic E-state index is 0.113. The highest BCUT2D eigenvalue weighted by Crippen LogP contribution is 2.27. The molecule has 0 fully saturated rings. The largest absolute Gasteiger partial charge is 0.493 e. The van der Waals surface area contributed by atoms with E-state index in [0.717, 1.165) is 16.7 Å². The summed E-state index contributed by atoms with van der Waals surface area (Å²) in [4.78, 5) is 27.8. The number of hydrogen-bond acceptors (Lipinski definition) is 4. The molecule has 1 N–H and O–H groups in total. The predicted octanol–water partition coefficient (Wildman–Crippen LogP) is 4.82. The highest BCUT2D eigenvalue weighted by atomic mass is 35.5. The predicted molar refractivity (Wildman–Crippen MR) is 138 cm³/mol. The SMILES string of the molecule is COc1ccc(CCNC(=O)C(C)N(Cc2ccc(F)cc2)C(=O)Cc2ccc(Cl)cc2)cc1OC. The molecule has 0 heterocycles. The summed E-state index contributed by atoms with van der Waals surface area (Å²) in [6.07, 6.45) is 0.692. The number of halogens is 2. The van der Waals surface area contributed by atoms with Gasteiger partial charge in [-0.2, -0.15) is 0 Å². The van der Waals surface area contributed by atoms with E-state index in [-0.39, 0.29) is 30.6 Å². The molecule has 36 heavy (non-hydrogen) atoms. The van der Waals surface area contributed by atoms with Crippen LogP contribution in [-0.4, -0.2) is 43.5 Å². The monoisotopic (exact) mass is 512 g/mol. The maximum Gasteiger partial charge on any atom is 0.242 e. The Balaban J connectivity index is 1.68. The minimum atomic E-state index is -0.736. The number of amides is 2. The maximum atomic E-state index is 13.4. The quantitative estimate of drug-likeness (QED) is 0.400. The van der Waals surface area contributed by atoms with Gasteiger partial charge in [-0.3, -0.25) is 9.59 Å². The van der Waals surface area contributed by atoms with E-state index in [1.165, 1.54) is 17.0 Å². The average Bonchev–Trinajstić information content (AvgIpc) is 2.89. The molecular formula is C28H30ClFN2O4. The van der Waals surface area contributed by atoms with Gasteiger partial charge in [0.15, 0.2) is 11.5 Å². The lowest BCUT2D eigenvalue weighted by atomic mass is 10.1. The molecule has 0 bridgehead atoms. The standard InChI is InChI=1S/C28H30ClFN2O4/c1-19(28(34)31-15-14-21-8-13-25(35-2)26(16-21)36-3)32(18-22-6-11-24(30)12-7-22)27(33)17-20-4-9-23(29)10-5-20/h4-13,16,19H,14-15,17-18H2,1-3H3,(H,31,34). The lowest BCUT2D eigenvalue weighted by Crippen LogP contribution is -2.48. The van der Waals surface area contributed by atoms with Gasteiger partial charge in [0.1, 0.15) is 11.9 Å². The molecule has 1 atom stereocenters. The summed E-state index contributed by atoms with van der Waals surface area (Å²) >= 11 is 5.96. The molecule has 3 rings (SSSR count). The van der Waals surface area contributed by atoms with Crippen molar-refractivity contribution in [1.29, 1.82) is 0 Å². The zero-order valence-corrected chi connectivity index (χ0v) is 21.3. The van der Waals surface area contributed by atoms with Gasteiger partial charge in [0.2, 0.25) is 11.8 Å². The van der Waals surface area contributed by atoms with E-state index in [1.54, 1.807) is 57.5 Å². The van der Waals surface area contributed by atoms with Crippen LogP contribution in [0.1, 0.15) is 23.6 Å². The normalized spacial score (nSPS) is 11.5. The fraction of sp³-hybridized carbons (Fsp3) is 0.286. The Bertz CT molecular complexity index is 1170. The van der Waals surface area contributed by atoms with Crippen molar-refractivity contribution in [1.82, 2.24) is 10.2 Å². The first-order chi connectivity index (χ1) is 17.3. The molecule has 3 aromatic rings. The third-order valence-corrected chi connectivity index (χ3v) is 6.11. The second kappa shape index (κ2) is 12.9. The van der Waals surface area contributed by atoms with E-state index in [2.05, 4.69) is 5.32 Å². The fourth-order valence-corrected chi connectivity index (χ4v) is 3.89. The van der Waals surface area contributed by atoms with Crippen LogP contribution < -0.4 is 14.8 Å². The molecule has 6 nitrogen and oxygen atoms in total. The van der Waals surface area contributed by atoms with Crippen LogP contribution in [0.25, 0.3) is 0 Å². The first-order valence-electron chi connectivity index (χ1n) is 11.6. The van der Waals surface area contributed by atoms with Crippen molar-refractivity contribution < 1.29 is 23.5 Å². The molecule has 0 aliphatic carbocycles. The van der Waals surface area contributed by atoms with E-state index in [0.29, 0.717) is 29.5 Å². The summed E-state index contributed by atoms with van der Waals surface area (Å²) in [5.74, 6) is 0.396. The van der Waals surface area contributed by atoms with Crippen LogP contribution in [0.5, 0.6) is 11.5 Å². The molecule has 1 unspecified atom stereocenters. The second-order valence-electron chi connectivity index (χ2n) is 8.36. The Kier molecular flexibility index (Phi) is 9.70. The first kappa shape index (κ1) is 27.0. The van der Waals surface area contributed by atoms with Crippen molar-refractivity contribution in [2.75, 3.05) is 20.8 Å². The Morgan fingerprint density at radius 3 is 2.17 bits per heavy atom. The van der Waals surface area contributed by atoms with Crippen molar-refractivity contribution in [2.45, 2.75) is 32.4 Å². The molecular weight excluding hydrogens is 483 g/mol. The number of hydrogen-bond donors (Lipinski definition) is 1. The maximum absolute atomic E-state index is 13.4. The first-order valence-corrected chi connectivity index (χ1v) is 12.0. The molecule has 0 aliphatic rings. The van der Waals surface area contributed by atoms with Crippen molar-refractivity contribution in [3.8, 4) is 11.5 Å². The number of carbonyl (C=O) groups excluding carboxylic acids is 2. The highest BCUT2D eigenvalue weighted by molar-refractivity contribution is 6.30. The van der Waals surface area contributed by atoms with Crippen LogP contribution in [0.3, 0.4) is 0 Å². The lowest BCUT2D eigenvalue weighted by Gasteiger charge is -2.29. The topological polar surface area (TPSA) is 67.9 Å². The van der Waals surface area contributed by atoms with Gasteiger partial charge < -0.3 is 19.7 Å². The molecule has 8 heteroatoms. The smallest absolute Gasteiger partial charge is 0.242 e. The second-order valence-corrected chi connectivity index (χ2v) is 8.79. The summed E-state index contributed by atoms with van der Waals surface area (Å²) in [7, 11) is 3.15.